The summed E-state index contributed by atoms with van der Waals surface area (Å²) in [5.41, 5.74) is 1.23. The van der Waals surface area contributed by atoms with Crippen LogP contribution in [0.15, 0.2) is 30.3 Å². The second-order valence-corrected chi connectivity index (χ2v) is 5.61. The first-order valence-corrected chi connectivity index (χ1v) is 7.71. The highest BCUT2D eigenvalue weighted by Gasteiger charge is 2.24. The average Bonchev–Trinajstić information content (AvgIpc) is 2.53. The third-order valence-electron chi connectivity index (χ3n) is 3.87. The summed E-state index contributed by atoms with van der Waals surface area (Å²) in [5, 5.41) is 4.10. The van der Waals surface area contributed by atoms with Gasteiger partial charge in [-0.25, -0.2) is 0 Å². The number of thiocarbonyl (C=S) groups is 1. The third kappa shape index (κ3) is 4.04. The van der Waals surface area contributed by atoms with Gasteiger partial charge < -0.3 is 10.2 Å². The fourth-order valence-corrected chi connectivity index (χ4v) is 2.83. The average molecular weight is 290 g/mol. The molecule has 20 heavy (non-hydrogen) atoms. The Morgan fingerprint density at radius 1 is 1.30 bits per heavy atom. The van der Waals surface area contributed by atoms with Gasteiger partial charge >= 0.3 is 0 Å². The highest BCUT2D eigenvalue weighted by molar-refractivity contribution is 7.80. The zero-order valence-corrected chi connectivity index (χ0v) is 12.8. The molecule has 0 unspecified atom stereocenters. The van der Waals surface area contributed by atoms with Crippen molar-refractivity contribution in [1.82, 2.24) is 10.2 Å². The molecule has 0 bridgehead atoms. The van der Waals surface area contributed by atoms with Crippen LogP contribution in [0.3, 0.4) is 0 Å². The SMILES string of the molecule is CCC(=O)C1CCN(C(=S)NCc2ccccc2)CC1. The van der Waals surface area contributed by atoms with Crippen molar-refractivity contribution in [2.24, 2.45) is 5.92 Å². The molecule has 1 aliphatic heterocycles. The molecule has 1 fully saturated rings. The Bertz CT molecular complexity index is 453. The van der Waals surface area contributed by atoms with Crippen LogP contribution in [0.1, 0.15) is 31.7 Å². The number of ketones is 1. The van der Waals surface area contributed by atoms with E-state index in [1.165, 1.54) is 5.56 Å². The van der Waals surface area contributed by atoms with Crippen LogP contribution < -0.4 is 5.32 Å². The van der Waals surface area contributed by atoms with Crippen molar-refractivity contribution < 1.29 is 4.79 Å². The summed E-state index contributed by atoms with van der Waals surface area (Å²) in [6.45, 7) is 4.47. The van der Waals surface area contributed by atoms with Crippen LogP contribution in [0.25, 0.3) is 0 Å². The maximum atomic E-state index is 11.7. The number of piperidine rings is 1. The van der Waals surface area contributed by atoms with E-state index >= 15 is 0 Å². The van der Waals surface area contributed by atoms with Gasteiger partial charge in [0.25, 0.3) is 0 Å². The lowest BCUT2D eigenvalue weighted by molar-refractivity contribution is -0.123. The quantitative estimate of drug-likeness (QED) is 0.864. The number of rotatable bonds is 4. The molecule has 0 atom stereocenters. The number of carbonyl (C=O) groups excluding carboxylic acids is 1. The van der Waals surface area contributed by atoms with Crippen LogP contribution >= 0.6 is 12.2 Å². The van der Waals surface area contributed by atoms with Crippen LogP contribution in [0, 0.1) is 5.92 Å². The molecule has 1 heterocycles. The molecule has 0 amide bonds. The van der Waals surface area contributed by atoms with E-state index in [0.717, 1.165) is 37.6 Å². The Morgan fingerprint density at radius 2 is 1.95 bits per heavy atom. The normalized spacial score (nSPS) is 15.9. The van der Waals surface area contributed by atoms with Gasteiger partial charge in [0.2, 0.25) is 0 Å². The van der Waals surface area contributed by atoms with E-state index in [2.05, 4.69) is 22.3 Å². The Morgan fingerprint density at radius 3 is 2.55 bits per heavy atom. The van der Waals surface area contributed by atoms with E-state index in [1.807, 2.05) is 25.1 Å². The van der Waals surface area contributed by atoms with Crippen LogP contribution in [0.2, 0.25) is 0 Å². The number of Topliss-reactive ketones (excluding diaryl/α,β-unsaturated/α-hetero) is 1. The number of hydrogen-bond acceptors (Lipinski definition) is 2. The molecule has 4 heteroatoms. The summed E-state index contributed by atoms with van der Waals surface area (Å²) < 4.78 is 0. The largest absolute Gasteiger partial charge is 0.358 e. The highest BCUT2D eigenvalue weighted by atomic mass is 32.1. The fraction of sp³-hybridized carbons (Fsp3) is 0.500. The molecular formula is C16H22N2OS. The second kappa shape index (κ2) is 7.39. The van der Waals surface area contributed by atoms with Crippen LogP contribution in [0.4, 0.5) is 0 Å². The third-order valence-corrected chi connectivity index (χ3v) is 4.28. The minimum absolute atomic E-state index is 0.244. The van der Waals surface area contributed by atoms with E-state index < -0.39 is 0 Å². The minimum atomic E-state index is 0.244. The molecule has 1 N–H and O–H groups in total. The standard InChI is InChI=1S/C16H22N2OS/c1-2-15(19)14-8-10-18(11-9-14)16(20)17-12-13-6-4-3-5-7-13/h3-7,14H,2,8-12H2,1H3,(H,17,20). The van der Waals surface area contributed by atoms with Crippen molar-refractivity contribution in [2.75, 3.05) is 13.1 Å². The van der Waals surface area contributed by atoms with E-state index in [1.54, 1.807) is 0 Å². The van der Waals surface area contributed by atoms with E-state index in [0.29, 0.717) is 12.2 Å². The van der Waals surface area contributed by atoms with Gasteiger partial charge in [-0.15, -0.1) is 0 Å². The number of likely N-dealkylation sites (tertiary alicyclic amines) is 1. The molecule has 108 valence electrons. The van der Waals surface area contributed by atoms with Crippen molar-refractivity contribution in [1.29, 1.82) is 0 Å². The summed E-state index contributed by atoms with van der Waals surface area (Å²) in [7, 11) is 0. The lowest BCUT2D eigenvalue weighted by atomic mass is 9.91. The lowest BCUT2D eigenvalue weighted by Gasteiger charge is -2.33. The molecule has 0 radical (unpaired) electrons. The van der Waals surface area contributed by atoms with Gasteiger partial charge in [0, 0.05) is 32.0 Å². The van der Waals surface area contributed by atoms with Gasteiger partial charge in [-0.1, -0.05) is 37.3 Å². The van der Waals surface area contributed by atoms with Crippen molar-refractivity contribution in [3.63, 3.8) is 0 Å². The number of benzene rings is 1. The Labute approximate surface area is 126 Å². The molecule has 0 spiro atoms. The number of nitrogens with one attached hydrogen (secondary N) is 1. The van der Waals surface area contributed by atoms with Crippen molar-refractivity contribution in [3.8, 4) is 0 Å². The van der Waals surface area contributed by atoms with Gasteiger partial charge in [0.05, 0.1) is 0 Å². The smallest absolute Gasteiger partial charge is 0.169 e. The second-order valence-electron chi connectivity index (χ2n) is 5.23. The molecule has 2 rings (SSSR count). The van der Waals surface area contributed by atoms with Gasteiger partial charge in [0.15, 0.2) is 5.11 Å². The van der Waals surface area contributed by atoms with Crippen molar-refractivity contribution in [2.45, 2.75) is 32.7 Å². The van der Waals surface area contributed by atoms with E-state index in [4.69, 9.17) is 12.2 Å². The molecule has 1 saturated heterocycles. The number of nitrogens with zero attached hydrogens (tertiary/aromatic N) is 1. The predicted octanol–water partition coefficient (Wildman–Crippen LogP) is 2.75. The van der Waals surface area contributed by atoms with E-state index in [9.17, 15) is 4.79 Å². The van der Waals surface area contributed by atoms with Crippen LogP contribution in [-0.2, 0) is 11.3 Å². The summed E-state index contributed by atoms with van der Waals surface area (Å²) in [4.78, 5) is 13.9. The molecule has 0 aliphatic carbocycles. The van der Waals surface area contributed by atoms with Gasteiger partial charge in [-0.3, -0.25) is 4.79 Å². The fourth-order valence-electron chi connectivity index (χ4n) is 2.58. The predicted molar refractivity (Wildman–Crippen MR) is 85.5 cm³/mol. The lowest BCUT2D eigenvalue weighted by Crippen LogP contribution is -2.45. The van der Waals surface area contributed by atoms with Gasteiger partial charge in [-0.2, -0.15) is 0 Å². The van der Waals surface area contributed by atoms with Crippen molar-refractivity contribution in [3.05, 3.63) is 35.9 Å². The summed E-state index contributed by atoms with van der Waals surface area (Å²) in [6.07, 6.45) is 2.51. The molecular weight excluding hydrogens is 268 g/mol. The van der Waals surface area contributed by atoms with Gasteiger partial charge in [-0.05, 0) is 30.6 Å². The number of hydrogen-bond donors (Lipinski definition) is 1. The molecule has 1 aromatic rings. The Hall–Kier alpha value is -1.42. The molecule has 0 aromatic heterocycles. The topological polar surface area (TPSA) is 32.3 Å². The zero-order valence-electron chi connectivity index (χ0n) is 12.0. The first-order valence-electron chi connectivity index (χ1n) is 7.30. The number of carbonyl (C=O) groups is 1. The summed E-state index contributed by atoms with van der Waals surface area (Å²) in [6, 6.07) is 10.2. The molecule has 1 aliphatic rings. The van der Waals surface area contributed by atoms with E-state index in [-0.39, 0.29) is 5.92 Å². The molecule has 0 saturated carbocycles. The minimum Gasteiger partial charge on any atom is -0.358 e. The van der Waals surface area contributed by atoms with Crippen LogP contribution in [0.5, 0.6) is 0 Å². The van der Waals surface area contributed by atoms with Crippen LogP contribution in [-0.4, -0.2) is 28.9 Å². The molecule has 3 nitrogen and oxygen atoms in total. The maximum absolute atomic E-state index is 11.7. The summed E-state index contributed by atoms with van der Waals surface area (Å²) >= 11 is 5.44. The maximum Gasteiger partial charge on any atom is 0.169 e. The Balaban J connectivity index is 1.76. The van der Waals surface area contributed by atoms with Gasteiger partial charge in [0.1, 0.15) is 5.78 Å². The highest BCUT2D eigenvalue weighted by Crippen LogP contribution is 2.19. The summed E-state index contributed by atoms with van der Waals surface area (Å²) in [5.74, 6) is 0.640. The van der Waals surface area contributed by atoms with Crippen molar-refractivity contribution >= 4 is 23.1 Å². The monoisotopic (exact) mass is 290 g/mol. The zero-order chi connectivity index (χ0) is 14.4. The first-order chi connectivity index (χ1) is 9.70. The first kappa shape index (κ1) is 15.0. The molecule has 1 aromatic carbocycles. The Kier molecular flexibility index (Phi) is 5.53.